The van der Waals surface area contributed by atoms with E-state index in [0.717, 1.165) is 23.2 Å². The van der Waals surface area contributed by atoms with Crippen LogP contribution in [0.1, 0.15) is 12.5 Å². The average molecular weight is 428 g/mol. The normalized spacial score (nSPS) is 13.4. The number of fused-ring (bicyclic) bond motifs is 1. The fourth-order valence-corrected chi connectivity index (χ4v) is 3.39. The van der Waals surface area contributed by atoms with Gasteiger partial charge in [-0.2, -0.15) is 0 Å². The van der Waals surface area contributed by atoms with Crippen molar-refractivity contribution in [3.05, 3.63) is 33.9 Å². The second-order valence-electron chi connectivity index (χ2n) is 6.19. The third-order valence-electron chi connectivity index (χ3n) is 3.93. The number of nitrogens with zero attached hydrogens (tertiary/aromatic N) is 2. The number of anilines is 1. The van der Waals surface area contributed by atoms with Gasteiger partial charge in [0.2, 0.25) is 11.8 Å². The van der Waals surface area contributed by atoms with Gasteiger partial charge in [-0.25, -0.2) is 0 Å². The summed E-state index contributed by atoms with van der Waals surface area (Å²) in [6.07, 6.45) is -0.520. The van der Waals surface area contributed by atoms with Gasteiger partial charge in [-0.3, -0.25) is 13.9 Å². The summed E-state index contributed by atoms with van der Waals surface area (Å²) >= 11 is 1.14. The Kier molecular flexibility index (Phi) is 8.96. The Hall–Kier alpha value is -2.57. The van der Waals surface area contributed by atoms with Crippen molar-refractivity contribution in [3.8, 4) is 5.75 Å². The van der Waals surface area contributed by atoms with E-state index in [1.165, 1.54) is 11.2 Å². The maximum atomic E-state index is 11.6. The molecule has 0 saturated carbocycles. The highest BCUT2D eigenvalue weighted by atomic mass is 32.2. The molecule has 29 heavy (non-hydrogen) atoms. The van der Waals surface area contributed by atoms with Gasteiger partial charge >= 0.3 is 0 Å². The fraction of sp³-hybridized carbons (Fsp3) is 0.529. The van der Waals surface area contributed by atoms with E-state index in [-0.39, 0.29) is 43.7 Å². The highest BCUT2D eigenvalue weighted by Gasteiger charge is 2.21. The number of benzene rings is 1. The molecule has 1 atom stereocenters. The van der Waals surface area contributed by atoms with Crippen LogP contribution in [0.2, 0.25) is 0 Å². The zero-order chi connectivity index (χ0) is 21.2. The lowest BCUT2D eigenvalue weighted by atomic mass is 10.1. The molecule has 0 spiro atoms. The van der Waals surface area contributed by atoms with Crippen molar-refractivity contribution in [3.63, 3.8) is 0 Å². The molecule has 1 aromatic carbocycles. The van der Waals surface area contributed by atoms with Gasteiger partial charge in [-0.1, -0.05) is 6.07 Å². The van der Waals surface area contributed by atoms with E-state index < -0.39 is 11.2 Å². The van der Waals surface area contributed by atoms with E-state index in [1.54, 1.807) is 18.2 Å². The summed E-state index contributed by atoms with van der Waals surface area (Å²) in [5.41, 5.74) is 1.51. The number of carbonyl (C=O) groups is 2. The first-order valence-electron chi connectivity index (χ1n) is 8.98. The summed E-state index contributed by atoms with van der Waals surface area (Å²) in [5.74, 6) is 0.574. The Morgan fingerprint density at radius 3 is 3.03 bits per heavy atom. The number of hydrogen-bond acceptors (Lipinski definition) is 9. The summed E-state index contributed by atoms with van der Waals surface area (Å²) in [7, 11) is 0. The second-order valence-corrected chi connectivity index (χ2v) is 7.29. The lowest BCUT2D eigenvalue weighted by Crippen LogP contribution is -2.36. The minimum atomic E-state index is -0.873. The number of aliphatic hydroxyl groups excluding tert-OH is 1. The summed E-state index contributed by atoms with van der Waals surface area (Å²) in [6, 6.07) is 5.33. The van der Waals surface area contributed by atoms with E-state index in [2.05, 4.69) is 15.5 Å². The molecule has 1 unspecified atom stereocenters. The van der Waals surface area contributed by atoms with Crippen LogP contribution in [0.4, 0.5) is 5.69 Å². The average Bonchev–Trinajstić information content (AvgIpc) is 3.05. The molecule has 1 aliphatic rings. The van der Waals surface area contributed by atoms with Crippen LogP contribution in [0.15, 0.2) is 18.2 Å². The van der Waals surface area contributed by atoms with E-state index in [9.17, 15) is 24.8 Å². The lowest BCUT2D eigenvalue weighted by Gasteiger charge is -2.20. The van der Waals surface area contributed by atoms with Crippen molar-refractivity contribution in [2.24, 2.45) is 0 Å². The molecule has 160 valence electrons. The van der Waals surface area contributed by atoms with Crippen LogP contribution in [-0.2, 0) is 20.8 Å². The van der Waals surface area contributed by atoms with Gasteiger partial charge in [0, 0.05) is 43.6 Å². The molecule has 0 saturated heterocycles. The molecular weight excluding hydrogens is 404 g/mol. The molecule has 0 aromatic heterocycles. The van der Waals surface area contributed by atoms with Gasteiger partial charge in [0.25, 0.3) is 5.09 Å². The zero-order valence-corrected chi connectivity index (χ0v) is 16.8. The highest BCUT2D eigenvalue weighted by Crippen LogP contribution is 2.31. The van der Waals surface area contributed by atoms with Crippen LogP contribution in [0.3, 0.4) is 0 Å². The van der Waals surface area contributed by atoms with Gasteiger partial charge in [-0.05, 0) is 24.1 Å². The quantitative estimate of drug-likeness (QED) is 0.174. The predicted octanol–water partition coefficient (Wildman–Crippen LogP) is 0.216. The summed E-state index contributed by atoms with van der Waals surface area (Å²) in [4.78, 5) is 37.4. The third kappa shape index (κ3) is 7.75. The molecule has 3 N–H and O–H groups in total. The minimum Gasteiger partial charge on any atom is -0.490 e. The molecule has 0 fully saturated rings. The summed E-state index contributed by atoms with van der Waals surface area (Å²) < 4.78 is 7.11. The molecular formula is C17H24N4O7S. The first-order chi connectivity index (χ1) is 13.9. The van der Waals surface area contributed by atoms with Gasteiger partial charge in [0.05, 0.1) is 6.42 Å². The molecule has 1 aliphatic heterocycles. The van der Waals surface area contributed by atoms with Crippen LogP contribution in [0.5, 0.6) is 5.75 Å². The molecule has 12 heteroatoms. The molecule has 1 heterocycles. The van der Waals surface area contributed by atoms with Crippen LogP contribution < -0.4 is 15.4 Å². The van der Waals surface area contributed by atoms with Crippen molar-refractivity contribution < 1.29 is 29.4 Å². The van der Waals surface area contributed by atoms with Crippen LogP contribution in [0, 0.1) is 10.1 Å². The first-order valence-corrected chi connectivity index (χ1v) is 9.92. The van der Waals surface area contributed by atoms with Gasteiger partial charge in [0.1, 0.15) is 25.1 Å². The molecule has 11 nitrogen and oxygen atoms in total. The first kappa shape index (κ1) is 22.7. The summed E-state index contributed by atoms with van der Waals surface area (Å²) in [5, 5.41) is 25.1. The zero-order valence-electron chi connectivity index (χ0n) is 16.0. The van der Waals surface area contributed by atoms with Crippen LogP contribution >= 0.6 is 11.9 Å². The number of ether oxygens (including phenoxy) is 1. The largest absolute Gasteiger partial charge is 0.490 e. The van der Waals surface area contributed by atoms with Crippen LogP contribution in [0.25, 0.3) is 0 Å². The number of carbonyl (C=O) groups excluding carboxylic acids is 2. The molecule has 1 aromatic rings. The Balaban J connectivity index is 1.64. The minimum absolute atomic E-state index is 0.0566. The van der Waals surface area contributed by atoms with Crippen molar-refractivity contribution in [2.45, 2.75) is 19.4 Å². The maximum absolute atomic E-state index is 11.6. The van der Waals surface area contributed by atoms with Gasteiger partial charge in [0.15, 0.2) is 0 Å². The van der Waals surface area contributed by atoms with E-state index in [4.69, 9.17) is 4.74 Å². The Labute approximate surface area is 172 Å². The van der Waals surface area contributed by atoms with Gasteiger partial charge < -0.3 is 25.3 Å². The SMILES string of the molecule is CC(=O)N(CCNCC(O)COc1cccc2c1CC(=O)N2)SCCO[N+](=O)[O-]. The summed E-state index contributed by atoms with van der Waals surface area (Å²) in [6.45, 7) is 2.41. The Bertz CT molecular complexity index is 734. The van der Waals surface area contributed by atoms with Crippen LogP contribution in [-0.4, -0.2) is 71.0 Å². The topological polar surface area (TPSA) is 143 Å². The standard InChI is InChI=1S/C17H24N4O7S/c1-12(22)20(29-8-7-28-21(25)26)6-5-18-10-13(23)11-27-16-4-2-3-15-14(16)9-17(24)19-15/h2-4,13,18,23H,5-11H2,1H3,(H,19,24). The maximum Gasteiger partial charge on any atom is 0.294 e. The second kappa shape index (κ2) is 11.4. The third-order valence-corrected chi connectivity index (χ3v) is 5.03. The van der Waals surface area contributed by atoms with Crippen molar-refractivity contribution in [2.75, 3.05) is 43.9 Å². The number of rotatable bonds is 13. The fourth-order valence-electron chi connectivity index (χ4n) is 2.62. The molecule has 0 aliphatic carbocycles. The molecule has 2 amide bonds. The number of hydrogen-bond donors (Lipinski definition) is 3. The number of nitrogens with one attached hydrogen (secondary N) is 2. The van der Waals surface area contributed by atoms with Crippen molar-refractivity contribution >= 4 is 29.4 Å². The monoisotopic (exact) mass is 428 g/mol. The molecule has 2 rings (SSSR count). The Morgan fingerprint density at radius 2 is 2.31 bits per heavy atom. The molecule has 0 bridgehead atoms. The Morgan fingerprint density at radius 1 is 1.52 bits per heavy atom. The van der Waals surface area contributed by atoms with Crippen molar-refractivity contribution in [1.29, 1.82) is 0 Å². The van der Waals surface area contributed by atoms with Crippen molar-refractivity contribution in [1.82, 2.24) is 9.62 Å². The smallest absolute Gasteiger partial charge is 0.294 e. The van der Waals surface area contributed by atoms with E-state index in [0.29, 0.717) is 18.8 Å². The molecule has 0 radical (unpaired) electrons. The number of amides is 2. The number of aliphatic hydroxyl groups is 1. The lowest BCUT2D eigenvalue weighted by molar-refractivity contribution is -0.756. The van der Waals surface area contributed by atoms with E-state index >= 15 is 0 Å². The predicted molar refractivity (Wildman–Crippen MR) is 106 cm³/mol. The van der Waals surface area contributed by atoms with E-state index in [1.807, 2.05) is 0 Å². The van der Waals surface area contributed by atoms with Gasteiger partial charge in [-0.15, -0.1) is 10.1 Å². The highest BCUT2D eigenvalue weighted by molar-refractivity contribution is 7.97.